The molecule has 1 N–H and O–H groups in total. The first-order chi connectivity index (χ1) is 9.28. The molecule has 0 unspecified atom stereocenters. The summed E-state index contributed by atoms with van der Waals surface area (Å²) in [4.78, 5) is 13.8. The monoisotopic (exact) mass is 264 g/mol. The number of carbonyl (C=O) groups is 1. The maximum atomic E-state index is 11.3. The number of nitrogens with zero attached hydrogens (tertiary/aromatic N) is 1. The van der Waals surface area contributed by atoms with Crippen molar-refractivity contribution < 1.29 is 4.79 Å². The number of nitrogens with one attached hydrogen (secondary N) is 1. The highest BCUT2D eigenvalue weighted by atomic mass is 16.1. The van der Waals surface area contributed by atoms with Gasteiger partial charge < -0.3 is 10.2 Å². The second kappa shape index (κ2) is 7.68. The van der Waals surface area contributed by atoms with Gasteiger partial charge in [-0.25, -0.2) is 0 Å². The number of likely N-dealkylation sites (tertiary alicyclic amines) is 1. The summed E-state index contributed by atoms with van der Waals surface area (Å²) in [6.07, 6.45) is 12.2. The summed E-state index contributed by atoms with van der Waals surface area (Å²) in [6.45, 7) is 7.02. The van der Waals surface area contributed by atoms with E-state index in [-0.39, 0.29) is 5.91 Å². The Morgan fingerprint density at radius 1 is 1.16 bits per heavy atom. The van der Waals surface area contributed by atoms with Gasteiger partial charge in [0.05, 0.1) is 0 Å². The summed E-state index contributed by atoms with van der Waals surface area (Å²) in [5, 5.41) is 3.01. The Morgan fingerprint density at radius 2 is 1.84 bits per heavy atom. The molecule has 1 saturated heterocycles. The number of piperidine rings is 1. The summed E-state index contributed by atoms with van der Waals surface area (Å²) in [6, 6.07) is 0.358. The molecule has 1 aliphatic heterocycles. The highest BCUT2D eigenvalue weighted by molar-refractivity contribution is 5.87. The van der Waals surface area contributed by atoms with Crippen LogP contribution >= 0.6 is 0 Å². The quantitative estimate of drug-likeness (QED) is 0.774. The summed E-state index contributed by atoms with van der Waals surface area (Å²) < 4.78 is 0. The van der Waals surface area contributed by atoms with Crippen LogP contribution in [0.3, 0.4) is 0 Å². The molecule has 2 rings (SSSR count). The zero-order chi connectivity index (χ0) is 13.5. The summed E-state index contributed by atoms with van der Waals surface area (Å²) in [5.41, 5.74) is 0. The molecule has 0 spiro atoms. The lowest BCUT2D eigenvalue weighted by molar-refractivity contribution is -0.117. The van der Waals surface area contributed by atoms with Crippen LogP contribution in [-0.2, 0) is 4.79 Å². The lowest BCUT2D eigenvalue weighted by Gasteiger charge is -2.33. The highest BCUT2D eigenvalue weighted by Gasteiger charge is 2.21. The van der Waals surface area contributed by atoms with Gasteiger partial charge in [0.25, 0.3) is 0 Å². The molecule has 1 aliphatic carbocycles. The fourth-order valence-electron chi connectivity index (χ4n) is 3.40. The van der Waals surface area contributed by atoms with Crippen LogP contribution in [0.25, 0.3) is 0 Å². The van der Waals surface area contributed by atoms with E-state index in [0.717, 1.165) is 31.8 Å². The van der Waals surface area contributed by atoms with Crippen LogP contribution in [0.2, 0.25) is 0 Å². The molecule has 1 saturated carbocycles. The van der Waals surface area contributed by atoms with Crippen LogP contribution in [0, 0.1) is 5.92 Å². The minimum atomic E-state index is -0.0272. The van der Waals surface area contributed by atoms with Crippen LogP contribution in [0.5, 0.6) is 0 Å². The van der Waals surface area contributed by atoms with Gasteiger partial charge in [0.2, 0.25) is 5.91 Å². The molecule has 108 valence electrons. The fraction of sp³-hybridized carbons (Fsp3) is 0.812. The average molecular weight is 264 g/mol. The average Bonchev–Trinajstić information content (AvgIpc) is 2.47. The van der Waals surface area contributed by atoms with Crippen molar-refractivity contribution in [2.45, 2.75) is 57.4 Å². The second-order valence-electron chi connectivity index (χ2n) is 6.12. The predicted molar refractivity (Wildman–Crippen MR) is 79.0 cm³/mol. The Hall–Kier alpha value is -0.830. The van der Waals surface area contributed by atoms with Gasteiger partial charge in [0.15, 0.2) is 0 Å². The SMILES string of the molecule is C=CC(=O)NC1CCN(CCC2CCCCC2)CC1. The summed E-state index contributed by atoms with van der Waals surface area (Å²) >= 11 is 0. The number of carbonyl (C=O) groups excluding carboxylic acids is 1. The number of amides is 1. The van der Waals surface area contributed by atoms with E-state index in [1.165, 1.54) is 51.1 Å². The molecule has 0 atom stereocenters. The molecular formula is C16H28N2O. The van der Waals surface area contributed by atoms with Crippen molar-refractivity contribution in [1.29, 1.82) is 0 Å². The fourth-order valence-corrected chi connectivity index (χ4v) is 3.40. The molecule has 0 bridgehead atoms. The van der Waals surface area contributed by atoms with Crippen molar-refractivity contribution in [3.63, 3.8) is 0 Å². The molecule has 2 fully saturated rings. The molecule has 0 aromatic carbocycles. The third-order valence-corrected chi connectivity index (χ3v) is 4.70. The van der Waals surface area contributed by atoms with Crippen LogP contribution < -0.4 is 5.32 Å². The van der Waals surface area contributed by atoms with E-state index in [0.29, 0.717) is 6.04 Å². The van der Waals surface area contributed by atoms with Gasteiger partial charge in [0, 0.05) is 19.1 Å². The summed E-state index contributed by atoms with van der Waals surface area (Å²) in [7, 11) is 0. The lowest BCUT2D eigenvalue weighted by Crippen LogP contribution is -2.44. The lowest BCUT2D eigenvalue weighted by atomic mass is 9.87. The van der Waals surface area contributed by atoms with E-state index in [1.807, 2.05) is 0 Å². The Balaban J connectivity index is 1.60. The molecule has 0 aromatic heterocycles. The third-order valence-electron chi connectivity index (χ3n) is 4.70. The van der Waals surface area contributed by atoms with Crippen molar-refractivity contribution in [2.24, 2.45) is 5.92 Å². The molecule has 3 nitrogen and oxygen atoms in total. The smallest absolute Gasteiger partial charge is 0.243 e. The van der Waals surface area contributed by atoms with Crippen LogP contribution in [-0.4, -0.2) is 36.5 Å². The molecule has 1 heterocycles. The van der Waals surface area contributed by atoms with Crippen LogP contribution in [0.1, 0.15) is 51.4 Å². The van der Waals surface area contributed by atoms with Gasteiger partial charge in [-0.05, 0) is 37.8 Å². The topological polar surface area (TPSA) is 32.3 Å². The number of rotatable bonds is 5. The standard InChI is InChI=1S/C16H28N2O/c1-2-16(19)17-15-9-12-18(13-10-15)11-8-14-6-4-3-5-7-14/h2,14-15H,1,3-13H2,(H,17,19). The molecule has 1 amide bonds. The highest BCUT2D eigenvalue weighted by Crippen LogP contribution is 2.26. The minimum Gasteiger partial charge on any atom is -0.350 e. The van der Waals surface area contributed by atoms with E-state index in [2.05, 4.69) is 16.8 Å². The van der Waals surface area contributed by atoms with Gasteiger partial charge in [-0.1, -0.05) is 38.7 Å². The Morgan fingerprint density at radius 3 is 2.47 bits per heavy atom. The summed E-state index contributed by atoms with van der Waals surface area (Å²) in [5.74, 6) is 0.951. The third kappa shape index (κ3) is 4.98. The van der Waals surface area contributed by atoms with E-state index >= 15 is 0 Å². The Bertz CT molecular complexity index is 289. The second-order valence-corrected chi connectivity index (χ2v) is 6.12. The first-order valence-electron chi connectivity index (χ1n) is 7.93. The maximum Gasteiger partial charge on any atom is 0.243 e. The van der Waals surface area contributed by atoms with Crippen molar-refractivity contribution in [2.75, 3.05) is 19.6 Å². The van der Waals surface area contributed by atoms with Crippen molar-refractivity contribution >= 4 is 5.91 Å². The predicted octanol–water partition coefficient (Wildman–Crippen LogP) is 2.72. The molecular weight excluding hydrogens is 236 g/mol. The zero-order valence-electron chi connectivity index (χ0n) is 12.1. The Kier molecular flexibility index (Phi) is 5.90. The van der Waals surface area contributed by atoms with Crippen LogP contribution in [0.15, 0.2) is 12.7 Å². The van der Waals surface area contributed by atoms with Gasteiger partial charge in [0.1, 0.15) is 0 Å². The van der Waals surface area contributed by atoms with E-state index < -0.39 is 0 Å². The van der Waals surface area contributed by atoms with Gasteiger partial charge in [-0.15, -0.1) is 0 Å². The molecule has 3 heteroatoms. The van der Waals surface area contributed by atoms with Gasteiger partial charge >= 0.3 is 0 Å². The first-order valence-corrected chi connectivity index (χ1v) is 7.93. The number of hydrogen-bond acceptors (Lipinski definition) is 2. The zero-order valence-corrected chi connectivity index (χ0v) is 12.1. The van der Waals surface area contributed by atoms with E-state index in [1.54, 1.807) is 0 Å². The van der Waals surface area contributed by atoms with Gasteiger partial charge in [-0.2, -0.15) is 0 Å². The maximum absolute atomic E-state index is 11.3. The largest absolute Gasteiger partial charge is 0.350 e. The normalized spacial score (nSPS) is 23.2. The minimum absolute atomic E-state index is 0.0272. The van der Waals surface area contributed by atoms with Crippen LogP contribution in [0.4, 0.5) is 0 Å². The van der Waals surface area contributed by atoms with E-state index in [4.69, 9.17) is 0 Å². The molecule has 0 aromatic rings. The molecule has 0 radical (unpaired) electrons. The number of hydrogen-bond donors (Lipinski definition) is 1. The van der Waals surface area contributed by atoms with Crippen molar-refractivity contribution in [1.82, 2.24) is 10.2 Å². The van der Waals surface area contributed by atoms with Gasteiger partial charge in [-0.3, -0.25) is 4.79 Å². The Labute approximate surface area is 117 Å². The van der Waals surface area contributed by atoms with Crippen molar-refractivity contribution in [3.8, 4) is 0 Å². The molecule has 19 heavy (non-hydrogen) atoms. The first kappa shape index (κ1) is 14.6. The molecule has 2 aliphatic rings. The van der Waals surface area contributed by atoms with Crippen molar-refractivity contribution in [3.05, 3.63) is 12.7 Å². The van der Waals surface area contributed by atoms with E-state index in [9.17, 15) is 4.79 Å².